The topological polar surface area (TPSA) is 137 Å². The Kier molecular flexibility index (Phi) is 7.74. The molecular weight excluding hydrogens is 504 g/mol. The second-order valence-electron chi connectivity index (χ2n) is 10.7. The molecule has 0 atom stereocenters. The summed E-state index contributed by atoms with van der Waals surface area (Å²) < 4.78 is 6.79. The number of fused-ring (bicyclic) bond motifs is 1. The molecule has 10 heteroatoms. The summed E-state index contributed by atoms with van der Waals surface area (Å²) in [6.45, 7) is 2.93. The highest BCUT2D eigenvalue weighted by atomic mass is 35.5. The summed E-state index contributed by atoms with van der Waals surface area (Å²) in [5.74, 6) is 0.752. The fourth-order valence-electron chi connectivity index (χ4n) is 5.80. The van der Waals surface area contributed by atoms with Crippen molar-refractivity contribution in [2.45, 2.75) is 71.3 Å². The zero-order valence-electron chi connectivity index (χ0n) is 21.6. The maximum Gasteiger partial charge on any atom is 0.411 e. The van der Waals surface area contributed by atoms with Gasteiger partial charge in [-0.05, 0) is 49.7 Å². The molecule has 1 amide bonds. The highest BCUT2D eigenvalue weighted by Crippen LogP contribution is 2.35. The predicted octanol–water partition coefficient (Wildman–Crippen LogP) is 6.16. The molecule has 0 bridgehead atoms. The van der Waals surface area contributed by atoms with Crippen molar-refractivity contribution in [3.63, 3.8) is 0 Å². The summed E-state index contributed by atoms with van der Waals surface area (Å²) in [6.07, 6.45) is 8.30. The Labute approximate surface area is 226 Å². The lowest BCUT2D eigenvalue weighted by Gasteiger charge is -2.27. The van der Waals surface area contributed by atoms with E-state index in [0.717, 1.165) is 57.8 Å². The Morgan fingerprint density at radius 3 is 2.50 bits per heavy atom. The van der Waals surface area contributed by atoms with E-state index in [1.54, 1.807) is 12.1 Å². The number of hydrogen-bond donors (Lipinski definition) is 2. The zero-order valence-corrected chi connectivity index (χ0v) is 22.3. The number of nitrogens with two attached hydrogens (primary N) is 1. The number of ether oxygens (including phenoxy) is 1. The van der Waals surface area contributed by atoms with Crippen LogP contribution in [-0.4, -0.2) is 37.3 Å². The Morgan fingerprint density at radius 2 is 1.82 bits per heavy atom. The molecule has 5 rings (SSSR count). The van der Waals surface area contributed by atoms with Crippen LogP contribution < -0.4 is 5.73 Å². The van der Waals surface area contributed by atoms with Crippen LogP contribution in [0.15, 0.2) is 24.3 Å². The van der Waals surface area contributed by atoms with E-state index < -0.39 is 12.0 Å². The second kappa shape index (κ2) is 11.2. The van der Waals surface area contributed by atoms with Crippen molar-refractivity contribution >= 4 is 40.5 Å². The SMILES string of the molecule is C[C@H]1CC[C@H](Cn2c(C(=O)C3CCCCC3)nc3nc(C(=N)OC(N)=O)nc(-c4cccc(Cl)c4)c32)CC1. The minimum Gasteiger partial charge on any atom is -0.388 e. The van der Waals surface area contributed by atoms with Gasteiger partial charge in [-0.3, -0.25) is 10.2 Å². The molecular formula is C28H33ClN6O3. The lowest BCUT2D eigenvalue weighted by atomic mass is 9.83. The van der Waals surface area contributed by atoms with Crippen molar-refractivity contribution in [2.24, 2.45) is 23.5 Å². The minimum absolute atomic E-state index is 0.0361. The molecule has 0 spiro atoms. The maximum atomic E-state index is 13.9. The molecule has 2 saturated carbocycles. The second-order valence-corrected chi connectivity index (χ2v) is 11.1. The molecule has 2 aromatic heterocycles. The van der Waals surface area contributed by atoms with E-state index in [-0.39, 0.29) is 23.2 Å². The van der Waals surface area contributed by atoms with Crippen LogP contribution in [0.1, 0.15) is 81.2 Å². The van der Waals surface area contributed by atoms with Crippen LogP contribution >= 0.6 is 11.6 Å². The Morgan fingerprint density at radius 1 is 1.08 bits per heavy atom. The number of carbonyl (C=O) groups excluding carboxylic acids is 2. The summed E-state index contributed by atoms with van der Waals surface area (Å²) in [5, 5.41) is 8.71. The first-order chi connectivity index (χ1) is 18.3. The molecule has 2 aliphatic rings. The number of primary amides is 1. The van der Waals surface area contributed by atoms with Gasteiger partial charge < -0.3 is 15.0 Å². The number of nitrogens with zero attached hydrogens (tertiary/aromatic N) is 4. The van der Waals surface area contributed by atoms with Crippen LogP contribution in [0.4, 0.5) is 4.79 Å². The molecule has 200 valence electrons. The van der Waals surface area contributed by atoms with Crippen molar-refractivity contribution in [1.29, 1.82) is 5.41 Å². The van der Waals surface area contributed by atoms with Crippen LogP contribution in [-0.2, 0) is 11.3 Å². The van der Waals surface area contributed by atoms with Gasteiger partial charge in [0, 0.05) is 23.0 Å². The number of aromatic nitrogens is 4. The number of hydrogen-bond acceptors (Lipinski definition) is 7. The van der Waals surface area contributed by atoms with Crippen LogP contribution in [0.5, 0.6) is 0 Å². The van der Waals surface area contributed by atoms with Gasteiger partial charge in [-0.25, -0.2) is 19.7 Å². The first kappa shape index (κ1) is 26.3. The summed E-state index contributed by atoms with van der Waals surface area (Å²) >= 11 is 6.34. The fourth-order valence-corrected chi connectivity index (χ4v) is 5.99. The zero-order chi connectivity index (χ0) is 26.8. The van der Waals surface area contributed by atoms with Crippen molar-refractivity contribution in [1.82, 2.24) is 19.5 Å². The largest absolute Gasteiger partial charge is 0.411 e. The number of imidazole rings is 1. The average Bonchev–Trinajstić information content (AvgIpc) is 3.27. The third kappa shape index (κ3) is 5.57. The van der Waals surface area contributed by atoms with Gasteiger partial charge in [0.25, 0.3) is 5.90 Å². The van der Waals surface area contributed by atoms with Crippen molar-refractivity contribution in [3.05, 3.63) is 40.9 Å². The van der Waals surface area contributed by atoms with E-state index >= 15 is 0 Å². The predicted molar refractivity (Wildman–Crippen MR) is 145 cm³/mol. The highest BCUT2D eigenvalue weighted by Gasteiger charge is 2.31. The molecule has 2 fully saturated rings. The number of carbonyl (C=O) groups is 2. The van der Waals surface area contributed by atoms with Gasteiger partial charge in [0.2, 0.25) is 11.6 Å². The number of nitrogens with one attached hydrogen (secondary N) is 1. The highest BCUT2D eigenvalue weighted by molar-refractivity contribution is 6.30. The van der Waals surface area contributed by atoms with Gasteiger partial charge >= 0.3 is 6.09 Å². The lowest BCUT2D eigenvalue weighted by Crippen LogP contribution is -2.25. The van der Waals surface area contributed by atoms with Gasteiger partial charge in [0.15, 0.2) is 11.5 Å². The molecule has 2 heterocycles. The monoisotopic (exact) mass is 536 g/mol. The Bertz CT molecular complexity index is 1370. The number of amides is 1. The average molecular weight is 537 g/mol. The Balaban J connectivity index is 1.70. The van der Waals surface area contributed by atoms with Crippen molar-refractivity contribution in [2.75, 3.05) is 0 Å². The molecule has 3 aromatic rings. The van der Waals surface area contributed by atoms with Gasteiger partial charge in [0.05, 0.1) is 0 Å². The molecule has 0 saturated heterocycles. The third-order valence-electron chi connectivity index (χ3n) is 7.88. The fraction of sp³-hybridized carbons (Fsp3) is 0.500. The van der Waals surface area contributed by atoms with Crippen LogP contribution in [0, 0.1) is 23.2 Å². The first-order valence-electron chi connectivity index (χ1n) is 13.4. The van der Waals surface area contributed by atoms with Gasteiger partial charge in [-0.15, -0.1) is 0 Å². The summed E-state index contributed by atoms with van der Waals surface area (Å²) in [7, 11) is 0. The summed E-state index contributed by atoms with van der Waals surface area (Å²) in [5.41, 5.74) is 7.21. The van der Waals surface area contributed by atoms with Crippen molar-refractivity contribution < 1.29 is 14.3 Å². The molecule has 38 heavy (non-hydrogen) atoms. The smallest absolute Gasteiger partial charge is 0.388 e. The lowest BCUT2D eigenvalue weighted by molar-refractivity contribution is 0.0872. The normalized spacial score (nSPS) is 20.4. The number of halogens is 1. The van der Waals surface area contributed by atoms with Crippen LogP contribution in [0.3, 0.4) is 0 Å². The van der Waals surface area contributed by atoms with Crippen LogP contribution in [0.25, 0.3) is 22.4 Å². The molecule has 1 aromatic carbocycles. The number of ketones is 1. The third-order valence-corrected chi connectivity index (χ3v) is 8.11. The maximum absolute atomic E-state index is 13.9. The number of benzene rings is 1. The Hall–Kier alpha value is -3.33. The number of rotatable bonds is 6. The molecule has 0 radical (unpaired) electrons. The van der Waals surface area contributed by atoms with E-state index in [0.29, 0.717) is 46.0 Å². The number of Topliss-reactive ketones (excluding diaryl/α,β-unsaturated/α-hetero) is 1. The molecule has 0 aliphatic heterocycles. The molecule has 9 nitrogen and oxygen atoms in total. The summed E-state index contributed by atoms with van der Waals surface area (Å²) in [6, 6.07) is 7.21. The molecule has 3 N–H and O–H groups in total. The van der Waals surface area contributed by atoms with Crippen molar-refractivity contribution in [3.8, 4) is 11.3 Å². The quantitative estimate of drug-likeness (QED) is 0.220. The summed E-state index contributed by atoms with van der Waals surface area (Å²) in [4.78, 5) is 39.0. The van der Waals surface area contributed by atoms with E-state index in [1.165, 1.54) is 0 Å². The van der Waals surface area contributed by atoms with Crippen LogP contribution in [0.2, 0.25) is 5.02 Å². The first-order valence-corrected chi connectivity index (χ1v) is 13.8. The van der Waals surface area contributed by atoms with E-state index in [4.69, 9.17) is 32.5 Å². The van der Waals surface area contributed by atoms with E-state index in [1.807, 2.05) is 16.7 Å². The van der Waals surface area contributed by atoms with Gasteiger partial charge in [-0.2, -0.15) is 0 Å². The van der Waals surface area contributed by atoms with Gasteiger partial charge in [0.1, 0.15) is 11.2 Å². The van der Waals surface area contributed by atoms with E-state index in [2.05, 4.69) is 16.9 Å². The standard InChI is InChI=1S/C28H33ClN6O3/c1-16-10-12-17(13-11-16)15-35-22-21(19-8-5-9-20(29)14-19)32-26(24(30)38-28(31)37)33-25(22)34-27(35)23(36)18-6-3-2-4-7-18/h5,8-9,14,16-18,30H,2-4,6-7,10-13,15H2,1H3,(H2,31,37)/t16-,17-. The van der Waals surface area contributed by atoms with Gasteiger partial charge in [-0.1, -0.05) is 62.8 Å². The van der Waals surface area contributed by atoms with E-state index in [9.17, 15) is 9.59 Å². The molecule has 2 aliphatic carbocycles. The minimum atomic E-state index is -1.13. The molecule has 0 unspecified atom stereocenters.